The van der Waals surface area contributed by atoms with Gasteiger partial charge in [0.05, 0.1) is 12.6 Å². The highest BCUT2D eigenvalue weighted by atomic mass is 32.1. The van der Waals surface area contributed by atoms with Crippen LogP contribution in [-0.2, 0) is 4.74 Å². The minimum atomic E-state index is -0.112. The topological polar surface area (TPSA) is 67.6 Å². The lowest BCUT2D eigenvalue weighted by atomic mass is 10.1. The number of aromatic nitrogens is 1. The molecule has 0 spiro atoms. The number of carbonyl (C=O) groups excluding carboxylic acids is 1. The number of hydrogen-bond donors (Lipinski definition) is 1. The number of morpholine rings is 1. The second-order valence-electron chi connectivity index (χ2n) is 6.61. The van der Waals surface area contributed by atoms with Crippen LogP contribution >= 0.6 is 11.3 Å². The van der Waals surface area contributed by atoms with Gasteiger partial charge in [0.15, 0.2) is 5.76 Å². The molecular formula is C17H21N3O3S. The van der Waals surface area contributed by atoms with Crippen LogP contribution in [0.5, 0.6) is 0 Å². The molecule has 1 saturated carbocycles. The van der Waals surface area contributed by atoms with Gasteiger partial charge in [-0.05, 0) is 49.1 Å². The largest absolute Gasteiger partial charge is 0.367 e. The molecule has 1 aliphatic heterocycles. The van der Waals surface area contributed by atoms with E-state index >= 15 is 0 Å². The van der Waals surface area contributed by atoms with Crippen LogP contribution in [0.3, 0.4) is 0 Å². The van der Waals surface area contributed by atoms with Gasteiger partial charge in [-0.2, -0.15) is 11.3 Å². The number of nitrogens with one attached hydrogen (secondary N) is 1. The Hall–Kier alpha value is -1.86. The van der Waals surface area contributed by atoms with Crippen molar-refractivity contribution >= 4 is 23.1 Å². The summed E-state index contributed by atoms with van der Waals surface area (Å²) in [5, 5.41) is 11.1. The highest BCUT2D eigenvalue weighted by Gasteiger charge is 2.34. The van der Waals surface area contributed by atoms with Crippen LogP contribution in [0.1, 0.15) is 48.8 Å². The first-order chi connectivity index (χ1) is 11.6. The maximum Gasteiger partial charge on any atom is 0.322 e. The van der Waals surface area contributed by atoms with Gasteiger partial charge in [0.25, 0.3) is 0 Å². The van der Waals surface area contributed by atoms with Crippen LogP contribution in [-0.4, -0.2) is 35.3 Å². The third kappa shape index (κ3) is 3.06. The normalized spacial score (nSPS) is 24.2. The molecule has 4 rings (SSSR count). The molecule has 6 nitrogen and oxygen atoms in total. The number of amides is 2. The Balaban J connectivity index is 1.48. The first kappa shape index (κ1) is 15.7. The van der Waals surface area contributed by atoms with Gasteiger partial charge >= 0.3 is 6.03 Å². The molecule has 2 aromatic rings. The monoisotopic (exact) mass is 347 g/mol. The van der Waals surface area contributed by atoms with Gasteiger partial charge in [-0.15, -0.1) is 0 Å². The fraction of sp³-hybridized carbons (Fsp3) is 0.529. The predicted octanol–water partition coefficient (Wildman–Crippen LogP) is 3.92. The number of nitrogens with zero attached hydrogens (tertiary/aromatic N) is 2. The van der Waals surface area contributed by atoms with E-state index in [1.165, 1.54) is 0 Å². The zero-order chi connectivity index (χ0) is 16.7. The summed E-state index contributed by atoms with van der Waals surface area (Å²) < 4.78 is 11.4. The van der Waals surface area contributed by atoms with Crippen molar-refractivity contribution in [3.05, 3.63) is 33.8 Å². The third-order valence-corrected chi connectivity index (χ3v) is 5.23. The fourth-order valence-electron chi connectivity index (χ4n) is 3.11. The molecule has 0 radical (unpaired) electrons. The van der Waals surface area contributed by atoms with Gasteiger partial charge in [-0.25, -0.2) is 4.79 Å². The molecule has 24 heavy (non-hydrogen) atoms. The molecule has 128 valence electrons. The summed E-state index contributed by atoms with van der Waals surface area (Å²) in [5.41, 5.74) is 2.61. The van der Waals surface area contributed by atoms with Crippen LogP contribution in [0.2, 0.25) is 0 Å². The summed E-state index contributed by atoms with van der Waals surface area (Å²) in [7, 11) is 0. The minimum absolute atomic E-state index is 0.000809. The second-order valence-corrected chi connectivity index (χ2v) is 7.39. The molecule has 2 amide bonds. The van der Waals surface area contributed by atoms with Crippen LogP contribution in [0, 0.1) is 6.92 Å². The van der Waals surface area contributed by atoms with E-state index < -0.39 is 0 Å². The zero-order valence-corrected chi connectivity index (χ0v) is 14.6. The average molecular weight is 347 g/mol. The molecule has 2 aromatic heterocycles. The highest BCUT2D eigenvalue weighted by Crippen LogP contribution is 2.44. The summed E-state index contributed by atoms with van der Waals surface area (Å²) in [6.45, 7) is 4.99. The number of anilines is 1. The lowest BCUT2D eigenvalue weighted by molar-refractivity contribution is -0.0640. The van der Waals surface area contributed by atoms with E-state index in [0.717, 1.165) is 35.5 Å². The smallest absolute Gasteiger partial charge is 0.322 e. The van der Waals surface area contributed by atoms with Gasteiger partial charge in [0.2, 0.25) is 0 Å². The molecule has 1 saturated heterocycles. The molecule has 0 bridgehead atoms. The Labute approximate surface area is 144 Å². The first-order valence-corrected chi connectivity index (χ1v) is 9.25. The van der Waals surface area contributed by atoms with Gasteiger partial charge in [-0.3, -0.25) is 0 Å². The second kappa shape index (κ2) is 6.22. The maximum absolute atomic E-state index is 12.8. The number of rotatable bonds is 3. The van der Waals surface area contributed by atoms with Crippen molar-refractivity contribution in [1.29, 1.82) is 0 Å². The quantitative estimate of drug-likeness (QED) is 0.914. The van der Waals surface area contributed by atoms with Crippen LogP contribution in [0.25, 0.3) is 0 Å². The van der Waals surface area contributed by atoms with Crippen molar-refractivity contribution in [3.8, 4) is 0 Å². The molecule has 0 unspecified atom stereocenters. The van der Waals surface area contributed by atoms with Gasteiger partial charge in [0, 0.05) is 12.5 Å². The van der Waals surface area contributed by atoms with E-state index in [-0.39, 0.29) is 18.2 Å². The van der Waals surface area contributed by atoms with Gasteiger partial charge in [-0.1, -0.05) is 5.16 Å². The van der Waals surface area contributed by atoms with Crippen molar-refractivity contribution in [1.82, 2.24) is 10.1 Å². The number of ether oxygens (including phenoxy) is 1. The van der Waals surface area contributed by atoms with Gasteiger partial charge < -0.3 is 19.5 Å². The van der Waals surface area contributed by atoms with E-state index in [0.29, 0.717) is 19.0 Å². The summed E-state index contributed by atoms with van der Waals surface area (Å²) >= 11 is 1.64. The Morgan fingerprint density at radius 3 is 2.96 bits per heavy atom. The standard InChI is InChI=1S/C17H21N3O3S/c1-10-7-20(8-14(22-10)13-5-6-24-9-13)17(21)18-15-11(2)19-23-16(15)12-3-4-12/h5-6,9-10,12,14H,3-4,7-8H2,1-2H3,(H,18,21)/t10-,14-/m0/s1. The van der Waals surface area contributed by atoms with Crippen molar-refractivity contribution in [3.63, 3.8) is 0 Å². The summed E-state index contributed by atoms with van der Waals surface area (Å²) in [5.74, 6) is 1.22. The average Bonchev–Trinajstić information content (AvgIpc) is 3.12. The minimum Gasteiger partial charge on any atom is -0.367 e. The predicted molar refractivity (Wildman–Crippen MR) is 91.4 cm³/mol. The molecule has 3 heterocycles. The Morgan fingerprint density at radius 1 is 1.42 bits per heavy atom. The molecule has 2 aliphatic rings. The van der Waals surface area contributed by atoms with E-state index in [4.69, 9.17) is 9.26 Å². The Morgan fingerprint density at radius 2 is 2.25 bits per heavy atom. The molecule has 2 atom stereocenters. The SMILES string of the molecule is Cc1noc(C2CC2)c1NC(=O)N1C[C@@H](c2ccsc2)O[C@@H](C)C1. The molecular weight excluding hydrogens is 326 g/mol. The van der Waals surface area contributed by atoms with Crippen LogP contribution in [0.15, 0.2) is 21.3 Å². The van der Waals surface area contributed by atoms with Crippen molar-refractivity contribution in [2.45, 2.75) is 44.8 Å². The molecule has 2 fully saturated rings. The molecule has 1 aliphatic carbocycles. The van der Waals surface area contributed by atoms with E-state index in [1.807, 2.05) is 24.1 Å². The van der Waals surface area contributed by atoms with Crippen molar-refractivity contribution < 1.29 is 14.1 Å². The number of hydrogen-bond acceptors (Lipinski definition) is 5. The fourth-order valence-corrected chi connectivity index (χ4v) is 3.81. The zero-order valence-electron chi connectivity index (χ0n) is 13.8. The molecule has 0 aromatic carbocycles. The number of urea groups is 1. The number of aryl methyl sites for hydroxylation is 1. The summed E-state index contributed by atoms with van der Waals surface area (Å²) in [6, 6.07) is 1.94. The first-order valence-electron chi connectivity index (χ1n) is 8.31. The lowest BCUT2D eigenvalue weighted by Crippen LogP contribution is -2.47. The van der Waals surface area contributed by atoms with E-state index in [1.54, 1.807) is 11.3 Å². The van der Waals surface area contributed by atoms with E-state index in [2.05, 4.69) is 21.9 Å². The summed E-state index contributed by atoms with van der Waals surface area (Å²) in [4.78, 5) is 14.6. The Bertz CT molecular complexity index is 724. The third-order valence-electron chi connectivity index (χ3n) is 4.53. The number of carbonyl (C=O) groups is 1. The number of thiophene rings is 1. The Kier molecular flexibility index (Phi) is 4.05. The van der Waals surface area contributed by atoms with E-state index in [9.17, 15) is 4.79 Å². The van der Waals surface area contributed by atoms with Crippen LogP contribution in [0.4, 0.5) is 10.5 Å². The maximum atomic E-state index is 12.8. The van der Waals surface area contributed by atoms with Gasteiger partial charge in [0.1, 0.15) is 17.5 Å². The van der Waals surface area contributed by atoms with Crippen molar-refractivity contribution in [2.75, 3.05) is 18.4 Å². The highest BCUT2D eigenvalue weighted by molar-refractivity contribution is 7.07. The van der Waals surface area contributed by atoms with Crippen LogP contribution < -0.4 is 5.32 Å². The lowest BCUT2D eigenvalue weighted by Gasteiger charge is -2.36. The molecule has 1 N–H and O–H groups in total. The molecule has 7 heteroatoms. The summed E-state index contributed by atoms with van der Waals surface area (Å²) in [6.07, 6.45) is 2.14. The van der Waals surface area contributed by atoms with Crippen molar-refractivity contribution in [2.24, 2.45) is 0 Å².